The van der Waals surface area contributed by atoms with Gasteiger partial charge in [-0.1, -0.05) is 0 Å². The summed E-state index contributed by atoms with van der Waals surface area (Å²) in [4.78, 5) is 11.4. The first kappa shape index (κ1) is 11.2. The van der Waals surface area contributed by atoms with Crippen LogP contribution in [0, 0.1) is 13.8 Å². The van der Waals surface area contributed by atoms with Crippen molar-refractivity contribution in [2.75, 3.05) is 0 Å². The molecule has 2 atom stereocenters. The molecule has 0 spiro atoms. The highest BCUT2D eigenvalue weighted by Crippen LogP contribution is 2.27. The molecule has 1 fully saturated rings. The minimum absolute atomic E-state index is 0.0261. The molecule has 0 aromatic carbocycles. The normalized spacial score (nSPS) is 25.6. The fourth-order valence-corrected chi connectivity index (χ4v) is 2.32. The van der Waals surface area contributed by atoms with Crippen LogP contribution in [0.15, 0.2) is 6.07 Å². The molecule has 2 heterocycles. The second-order valence-electron chi connectivity index (χ2n) is 4.63. The van der Waals surface area contributed by atoms with Gasteiger partial charge in [-0.05, 0) is 31.9 Å². The van der Waals surface area contributed by atoms with Crippen LogP contribution in [0.5, 0.6) is 0 Å². The Kier molecular flexibility index (Phi) is 2.76. The molecule has 88 valence electrons. The summed E-state index contributed by atoms with van der Waals surface area (Å²) in [6.07, 6.45) is 1.31. The average Bonchev–Trinajstić information content (AvgIpc) is 2.50. The lowest BCUT2D eigenvalue weighted by molar-refractivity contribution is -0.123. The van der Waals surface area contributed by atoms with Gasteiger partial charge in [-0.15, -0.1) is 0 Å². The Labute approximate surface area is 95.8 Å². The van der Waals surface area contributed by atoms with Crippen molar-refractivity contribution in [2.45, 2.75) is 38.8 Å². The van der Waals surface area contributed by atoms with Gasteiger partial charge in [0, 0.05) is 30.9 Å². The lowest BCUT2D eigenvalue weighted by Gasteiger charge is -2.29. The van der Waals surface area contributed by atoms with Crippen molar-refractivity contribution >= 4 is 5.91 Å². The van der Waals surface area contributed by atoms with Crippen molar-refractivity contribution in [3.8, 4) is 0 Å². The summed E-state index contributed by atoms with van der Waals surface area (Å²) < 4.78 is 2.13. The molecular formula is C12H19N3O. The Morgan fingerprint density at radius 1 is 1.50 bits per heavy atom. The number of carbonyl (C=O) groups is 1. The number of amides is 1. The molecule has 0 saturated carbocycles. The second-order valence-corrected chi connectivity index (χ2v) is 4.63. The first-order valence-electron chi connectivity index (χ1n) is 5.68. The maximum Gasteiger partial charge on any atom is 0.220 e. The smallest absolute Gasteiger partial charge is 0.220 e. The molecule has 0 radical (unpaired) electrons. The number of nitrogens with one attached hydrogen (secondary N) is 1. The maximum absolute atomic E-state index is 11.4. The van der Waals surface area contributed by atoms with E-state index in [1.165, 1.54) is 11.4 Å². The summed E-state index contributed by atoms with van der Waals surface area (Å²) in [7, 11) is 2.03. The number of piperidine rings is 1. The van der Waals surface area contributed by atoms with Gasteiger partial charge in [0.25, 0.3) is 0 Å². The first-order chi connectivity index (χ1) is 7.50. The Morgan fingerprint density at radius 2 is 2.19 bits per heavy atom. The molecule has 4 heteroatoms. The molecule has 1 amide bonds. The Morgan fingerprint density at radius 3 is 2.75 bits per heavy atom. The van der Waals surface area contributed by atoms with Crippen LogP contribution < -0.4 is 11.1 Å². The van der Waals surface area contributed by atoms with Crippen LogP contribution in [0.1, 0.15) is 35.8 Å². The van der Waals surface area contributed by atoms with Gasteiger partial charge in [-0.3, -0.25) is 4.79 Å². The lowest BCUT2D eigenvalue weighted by atomic mass is 9.93. The fourth-order valence-electron chi connectivity index (χ4n) is 2.32. The summed E-state index contributed by atoms with van der Waals surface area (Å²) in [5, 5.41) is 2.99. The van der Waals surface area contributed by atoms with E-state index in [-0.39, 0.29) is 18.0 Å². The molecule has 1 aromatic heterocycles. The molecule has 1 aliphatic heterocycles. The summed E-state index contributed by atoms with van der Waals surface area (Å²) in [6, 6.07) is 2.12. The predicted molar refractivity (Wildman–Crippen MR) is 63.0 cm³/mol. The van der Waals surface area contributed by atoms with Gasteiger partial charge in [0.15, 0.2) is 0 Å². The number of nitrogens with two attached hydrogens (primary N) is 1. The molecule has 1 aliphatic rings. The third-order valence-corrected chi connectivity index (χ3v) is 3.60. The Bertz CT molecular complexity index is 422. The van der Waals surface area contributed by atoms with E-state index in [2.05, 4.69) is 29.8 Å². The second kappa shape index (κ2) is 3.94. The summed E-state index contributed by atoms with van der Waals surface area (Å²) >= 11 is 0. The minimum atomic E-state index is -0.0267. The maximum atomic E-state index is 11.4. The molecule has 0 bridgehead atoms. The van der Waals surface area contributed by atoms with E-state index >= 15 is 0 Å². The number of carbonyl (C=O) groups excluding carboxylic acids is 1. The van der Waals surface area contributed by atoms with Gasteiger partial charge in [0.1, 0.15) is 0 Å². The van der Waals surface area contributed by atoms with Crippen molar-refractivity contribution in [2.24, 2.45) is 12.8 Å². The van der Waals surface area contributed by atoms with Crippen LogP contribution in [-0.2, 0) is 11.8 Å². The fraction of sp³-hybridized carbons (Fsp3) is 0.583. The molecule has 1 saturated heterocycles. The number of rotatable bonds is 1. The third-order valence-electron chi connectivity index (χ3n) is 3.60. The van der Waals surface area contributed by atoms with Crippen LogP contribution in [0.3, 0.4) is 0 Å². The van der Waals surface area contributed by atoms with Crippen molar-refractivity contribution in [3.63, 3.8) is 0 Å². The lowest BCUT2D eigenvalue weighted by Crippen LogP contribution is -2.45. The van der Waals surface area contributed by atoms with E-state index in [1.54, 1.807) is 0 Å². The quantitative estimate of drug-likeness (QED) is 0.741. The van der Waals surface area contributed by atoms with Crippen molar-refractivity contribution < 1.29 is 4.79 Å². The van der Waals surface area contributed by atoms with Gasteiger partial charge >= 0.3 is 0 Å². The summed E-state index contributed by atoms with van der Waals surface area (Å²) in [6.45, 7) is 4.13. The zero-order valence-corrected chi connectivity index (χ0v) is 10.1. The van der Waals surface area contributed by atoms with Gasteiger partial charge in [0.2, 0.25) is 5.91 Å². The number of aromatic nitrogens is 1. The molecule has 4 nitrogen and oxygen atoms in total. The minimum Gasteiger partial charge on any atom is -0.352 e. The Balaban J connectivity index is 2.35. The van der Waals surface area contributed by atoms with Crippen molar-refractivity contribution in [3.05, 3.63) is 23.0 Å². The van der Waals surface area contributed by atoms with Gasteiger partial charge < -0.3 is 15.6 Å². The highest BCUT2D eigenvalue weighted by Gasteiger charge is 2.29. The Hall–Kier alpha value is -1.29. The standard InChI is InChI=1S/C12H19N3O/c1-7-6-9(8(2)15(7)3)12-10(13)4-5-11(16)14-12/h6,10,12H,4-5,13H2,1-3H3,(H,14,16)/t10-,12-/m1/s1. The molecule has 16 heavy (non-hydrogen) atoms. The van der Waals surface area contributed by atoms with Crippen LogP contribution in [-0.4, -0.2) is 16.5 Å². The topological polar surface area (TPSA) is 60.1 Å². The average molecular weight is 221 g/mol. The predicted octanol–water partition coefficient (Wildman–Crippen LogP) is 0.920. The zero-order chi connectivity index (χ0) is 11.9. The highest BCUT2D eigenvalue weighted by atomic mass is 16.1. The SMILES string of the molecule is Cc1cc([C@H]2NC(=O)CC[C@H]2N)c(C)n1C. The van der Waals surface area contributed by atoms with Gasteiger partial charge in [-0.25, -0.2) is 0 Å². The summed E-state index contributed by atoms with van der Waals surface area (Å²) in [5.74, 6) is 0.104. The zero-order valence-electron chi connectivity index (χ0n) is 10.1. The number of aryl methyl sites for hydroxylation is 1. The number of hydrogen-bond acceptors (Lipinski definition) is 2. The molecule has 2 rings (SSSR count). The van der Waals surface area contributed by atoms with E-state index < -0.39 is 0 Å². The van der Waals surface area contributed by atoms with Crippen LogP contribution >= 0.6 is 0 Å². The van der Waals surface area contributed by atoms with Crippen LogP contribution in [0.4, 0.5) is 0 Å². The number of hydrogen-bond donors (Lipinski definition) is 2. The van der Waals surface area contributed by atoms with E-state index in [1.807, 2.05) is 7.05 Å². The third kappa shape index (κ3) is 1.73. The molecule has 0 aliphatic carbocycles. The van der Waals surface area contributed by atoms with Crippen molar-refractivity contribution in [1.29, 1.82) is 0 Å². The molecular weight excluding hydrogens is 202 g/mol. The number of nitrogens with zero attached hydrogens (tertiary/aromatic N) is 1. The highest BCUT2D eigenvalue weighted by molar-refractivity contribution is 5.77. The van der Waals surface area contributed by atoms with Crippen LogP contribution in [0.2, 0.25) is 0 Å². The first-order valence-corrected chi connectivity index (χ1v) is 5.68. The van der Waals surface area contributed by atoms with Gasteiger partial charge in [-0.2, -0.15) is 0 Å². The summed E-state index contributed by atoms with van der Waals surface area (Å²) in [5.41, 5.74) is 9.61. The largest absolute Gasteiger partial charge is 0.352 e. The van der Waals surface area contributed by atoms with E-state index in [4.69, 9.17) is 5.73 Å². The van der Waals surface area contributed by atoms with Gasteiger partial charge in [0.05, 0.1) is 6.04 Å². The van der Waals surface area contributed by atoms with Crippen molar-refractivity contribution in [1.82, 2.24) is 9.88 Å². The molecule has 0 unspecified atom stereocenters. The van der Waals surface area contributed by atoms with E-state index in [9.17, 15) is 4.79 Å². The van der Waals surface area contributed by atoms with E-state index in [0.29, 0.717) is 6.42 Å². The monoisotopic (exact) mass is 221 g/mol. The molecule has 1 aromatic rings. The molecule has 3 N–H and O–H groups in total. The van der Waals surface area contributed by atoms with E-state index in [0.717, 1.165) is 12.0 Å². The van der Waals surface area contributed by atoms with Crippen LogP contribution in [0.25, 0.3) is 0 Å².